The van der Waals surface area contributed by atoms with Crippen LogP contribution in [0.5, 0.6) is 0 Å². The number of carbonyl (C=O) groups excluding carboxylic acids is 1. The summed E-state index contributed by atoms with van der Waals surface area (Å²) < 4.78 is 0. The van der Waals surface area contributed by atoms with Crippen molar-refractivity contribution in [2.75, 3.05) is 14.1 Å². The quantitative estimate of drug-likeness (QED) is 0.785. The van der Waals surface area contributed by atoms with Crippen molar-refractivity contribution in [3.8, 4) is 0 Å². The summed E-state index contributed by atoms with van der Waals surface area (Å²) in [6.45, 7) is 1.34. The highest BCUT2D eigenvalue weighted by atomic mass is 16.1. The molecule has 0 aliphatic heterocycles. The number of para-hydroxylation sites is 1. The van der Waals surface area contributed by atoms with E-state index in [9.17, 15) is 4.79 Å². The molecule has 0 saturated carbocycles. The van der Waals surface area contributed by atoms with Crippen molar-refractivity contribution in [2.24, 2.45) is 0 Å². The third-order valence-electron chi connectivity index (χ3n) is 3.88. The fraction of sp³-hybridized carbons (Fsp3) is 0.200. The molecule has 0 spiro atoms. The summed E-state index contributed by atoms with van der Waals surface area (Å²) in [5, 5.41) is 4.01. The van der Waals surface area contributed by atoms with Crippen molar-refractivity contribution in [1.82, 2.24) is 15.2 Å². The standard InChI is InChI=1S/C20H21N3O/c1-23(2)14-17-9-4-3-8-16(17)13-21-20(24)19-12-11-15-7-5-6-10-18(15)22-19/h3-12H,13-14H2,1-2H3,(H,21,24). The van der Waals surface area contributed by atoms with Gasteiger partial charge in [-0.3, -0.25) is 4.79 Å². The van der Waals surface area contributed by atoms with Gasteiger partial charge in [-0.1, -0.05) is 48.5 Å². The van der Waals surface area contributed by atoms with Crippen LogP contribution in [-0.2, 0) is 13.1 Å². The Hall–Kier alpha value is -2.72. The lowest BCUT2D eigenvalue weighted by Gasteiger charge is -2.14. The second-order valence-electron chi connectivity index (χ2n) is 6.08. The second-order valence-corrected chi connectivity index (χ2v) is 6.08. The van der Waals surface area contributed by atoms with Crippen molar-refractivity contribution in [1.29, 1.82) is 0 Å². The summed E-state index contributed by atoms with van der Waals surface area (Å²) in [5.41, 5.74) is 3.62. The molecule has 3 rings (SSSR count). The Morgan fingerprint density at radius 3 is 2.46 bits per heavy atom. The summed E-state index contributed by atoms with van der Waals surface area (Å²) in [5.74, 6) is -0.152. The zero-order valence-corrected chi connectivity index (χ0v) is 14.0. The van der Waals surface area contributed by atoms with Gasteiger partial charge in [0.15, 0.2) is 0 Å². The van der Waals surface area contributed by atoms with Crippen molar-refractivity contribution in [2.45, 2.75) is 13.1 Å². The van der Waals surface area contributed by atoms with E-state index in [4.69, 9.17) is 0 Å². The van der Waals surface area contributed by atoms with E-state index < -0.39 is 0 Å². The number of hydrogen-bond donors (Lipinski definition) is 1. The fourth-order valence-corrected chi connectivity index (χ4v) is 2.68. The van der Waals surface area contributed by atoms with E-state index in [-0.39, 0.29) is 5.91 Å². The Balaban J connectivity index is 1.73. The molecule has 24 heavy (non-hydrogen) atoms. The van der Waals surface area contributed by atoms with Crippen LogP contribution in [0.3, 0.4) is 0 Å². The zero-order chi connectivity index (χ0) is 16.9. The van der Waals surface area contributed by atoms with Crippen LogP contribution in [0.1, 0.15) is 21.6 Å². The minimum absolute atomic E-state index is 0.152. The van der Waals surface area contributed by atoms with Gasteiger partial charge in [0.25, 0.3) is 5.91 Å². The van der Waals surface area contributed by atoms with Gasteiger partial charge in [0, 0.05) is 18.5 Å². The first-order valence-electron chi connectivity index (χ1n) is 7.99. The van der Waals surface area contributed by atoms with Gasteiger partial charge in [0.05, 0.1) is 5.52 Å². The number of nitrogens with zero attached hydrogens (tertiary/aromatic N) is 2. The van der Waals surface area contributed by atoms with Crippen molar-refractivity contribution in [3.05, 3.63) is 77.5 Å². The number of amides is 1. The molecule has 0 aliphatic rings. The van der Waals surface area contributed by atoms with Crippen LogP contribution in [0, 0.1) is 0 Å². The van der Waals surface area contributed by atoms with Crippen LogP contribution in [0.15, 0.2) is 60.7 Å². The van der Waals surface area contributed by atoms with Crippen molar-refractivity contribution < 1.29 is 4.79 Å². The molecule has 1 N–H and O–H groups in total. The first kappa shape index (κ1) is 16.1. The fourth-order valence-electron chi connectivity index (χ4n) is 2.68. The molecule has 0 aliphatic carbocycles. The number of carbonyl (C=O) groups is 1. The van der Waals surface area contributed by atoms with Crippen LogP contribution in [0.25, 0.3) is 10.9 Å². The average Bonchev–Trinajstić information content (AvgIpc) is 2.60. The molecular weight excluding hydrogens is 298 g/mol. The molecule has 1 amide bonds. The van der Waals surface area contributed by atoms with Crippen LogP contribution < -0.4 is 5.32 Å². The average molecular weight is 319 g/mol. The highest BCUT2D eigenvalue weighted by molar-refractivity contribution is 5.94. The van der Waals surface area contributed by atoms with Gasteiger partial charge < -0.3 is 10.2 Å². The maximum Gasteiger partial charge on any atom is 0.270 e. The number of nitrogens with one attached hydrogen (secondary N) is 1. The molecule has 0 bridgehead atoms. The molecule has 3 aromatic rings. The predicted molar refractivity (Wildman–Crippen MR) is 96.7 cm³/mol. The van der Waals surface area contributed by atoms with E-state index in [0.29, 0.717) is 12.2 Å². The van der Waals surface area contributed by atoms with Crippen LogP contribution in [0.4, 0.5) is 0 Å². The van der Waals surface area contributed by atoms with Crippen LogP contribution >= 0.6 is 0 Å². The number of fused-ring (bicyclic) bond motifs is 1. The maximum absolute atomic E-state index is 12.4. The number of benzene rings is 2. The molecule has 4 heteroatoms. The summed E-state index contributed by atoms with van der Waals surface area (Å²) in [6.07, 6.45) is 0. The van der Waals surface area contributed by atoms with E-state index in [1.165, 1.54) is 5.56 Å². The number of hydrogen-bond acceptors (Lipinski definition) is 3. The van der Waals surface area contributed by atoms with Gasteiger partial charge in [-0.15, -0.1) is 0 Å². The minimum Gasteiger partial charge on any atom is -0.347 e. The number of pyridine rings is 1. The Kier molecular flexibility index (Phi) is 4.87. The maximum atomic E-state index is 12.4. The first-order chi connectivity index (χ1) is 11.6. The van der Waals surface area contributed by atoms with Gasteiger partial charge in [-0.2, -0.15) is 0 Å². The molecule has 0 saturated heterocycles. The Bertz CT molecular complexity index is 858. The summed E-state index contributed by atoms with van der Waals surface area (Å²) in [7, 11) is 4.07. The lowest BCUT2D eigenvalue weighted by molar-refractivity contribution is 0.0946. The minimum atomic E-state index is -0.152. The van der Waals surface area contributed by atoms with Crippen LogP contribution in [0.2, 0.25) is 0 Å². The van der Waals surface area contributed by atoms with Gasteiger partial charge in [0.1, 0.15) is 5.69 Å². The molecule has 2 aromatic carbocycles. The molecular formula is C20H21N3O. The molecule has 0 fully saturated rings. The van der Waals surface area contributed by atoms with E-state index in [2.05, 4.69) is 21.3 Å². The third-order valence-corrected chi connectivity index (χ3v) is 3.88. The van der Waals surface area contributed by atoms with Crippen molar-refractivity contribution in [3.63, 3.8) is 0 Å². The summed E-state index contributed by atoms with van der Waals surface area (Å²) in [6, 6.07) is 19.6. The lowest BCUT2D eigenvalue weighted by Crippen LogP contribution is -2.25. The first-order valence-corrected chi connectivity index (χ1v) is 7.99. The molecule has 0 unspecified atom stereocenters. The molecule has 0 atom stereocenters. The Labute approximate surface area is 142 Å². The number of rotatable bonds is 5. The van der Waals surface area contributed by atoms with Gasteiger partial charge in [-0.05, 0) is 37.4 Å². The largest absolute Gasteiger partial charge is 0.347 e. The van der Waals surface area contributed by atoms with Gasteiger partial charge >= 0.3 is 0 Å². The zero-order valence-electron chi connectivity index (χ0n) is 14.0. The topological polar surface area (TPSA) is 45.2 Å². The van der Waals surface area contributed by atoms with Crippen molar-refractivity contribution >= 4 is 16.8 Å². The molecule has 4 nitrogen and oxygen atoms in total. The van der Waals surface area contributed by atoms with Gasteiger partial charge in [0.2, 0.25) is 0 Å². The lowest BCUT2D eigenvalue weighted by atomic mass is 10.1. The van der Waals surface area contributed by atoms with E-state index in [0.717, 1.165) is 23.0 Å². The van der Waals surface area contributed by atoms with Crippen LogP contribution in [-0.4, -0.2) is 29.9 Å². The summed E-state index contributed by atoms with van der Waals surface area (Å²) >= 11 is 0. The smallest absolute Gasteiger partial charge is 0.270 e. The van der Waals surface area contributed by atoms with E-state index in [1.54, 1.807) is 6.07 Å². The highest BCUT2D eigenvalue weighted by Crippen LogP contribution is 2.13. The summed E-state index contributed by atoms with van der Waals surface area (Å²) in [4.78, 5) is 19.0. The van der Waals surface area contributed by atoms with E-state index in [1.807, 2.05) is 62.6 Å². The second kappa shape index (κ2) is 7.23. The normalized spacial score (nSPS) is 11.0. The predicted octanol–water partition coefficient (Wildman–Crippen LogP) is 3.23. The highest BCUT2D eigenvalue weighted by Gasteiger charge is 2.09. The molecule has 1 aromatic heterocycles. The Morgan fingerprint density at radius 1 is 0.958 bits per heavy atom. The van der Waals surface area contributed by atoms with E-state index >= 15 is 0 Å². The Morgan fingerprint density at radius 2 is 1.67 bits per heavy atom. The third kappa shape index (κ3) is 3.78. The monoisotopic (exact) mass is 319 g/mol. The van der Waals surface area contributed by atoms with Gasteiger partial charge in [-0.25, -0.2) is 4.98 Å². The molecule has 122 valence electrons. The molecule has 1 heterocycles. The molecule has 0 radical (unpaired) electrons. The number of aromatic nitrogens is 1. The SMILES string of the molecule is CN(C)Cc1ccccc1CNC(=O)c1ccc2ccccc2n1.